The molecule has 0 saturated carbocycles. The van der Waals surface area contributed by atoms with Gasteiger partial charge in [-0.1, -0.05) is 59.8 Å². The maximum Gasteiger partial charge on any atom is 0.0456 e. The Balaban J connectivity index is 1.85. The van der Waals surface area contributed by atoms with Crippen LogP contribution in [0.25, 0.3) is 9.40 Å². The molecular formula is C18H28S2. The molecule has 2 heteroatoms. The Labute approximate surface area is 132 Å². The van der Waals surface area contributed by atoms with Crippen LogP contribution in [0.5, 0.6) is 0 Å². The topological polar surface area (TPSA) is 0 Å². The molecule has 0 radical (unpaired) electrons. The standard InChI is InChI=1S/C18H28S2/c1-5-6-7-8-9-10-11-14-12-15-16(19-14)13-17(20-15)18(2,3)4/h12-13H,5-11H2,1-4H3. The zero-order valence-corrected chi connectivity index (χ0v) is 15.1. The molecule has 20 heavy (non-hydrogen) atoms. The van der Waals surface area contributed by atoms with Crippen LogP contribution in [-0.4, -0.2) is 0 Å². The third-order valence-electron chi connectivity index (χ3n) is 3.77. The second-order valence-corrected chi connectivity index (χ2v) is 9.07. The first-order valence-corrected chi connectivity index (χ1v) is 9.66. The second kappa shape index (κ2) is 7.09. The van der Waals surface area contributed by atoms with Crippen molar-refractivity contribution in [1.82, 2.24) is 0 Å². The highest BCUT2D eigenvalue weighted by Crippen LogP contribution is 2.38. The molecular weight excluding hydrogens is 280 g/mol. The van der Waals surface area contributed by atoms with Crippen LogP contribution in [0.15, 0.2) is 12.1 Å². The maximum atomic E-state index is 2.44. The number of hydrogen-bond donors (Lipinski definition) is 0. The molecule has 2 rings (SSSR count). The third-order valence-corrected chi connectivity index (χ3v) is 6.55. The third kappa shape index (κ3) is 4.33. The fraction of sp³-hybridized carbons (Fsp3) is 0.667. The minimum Gasteiger partial charge on any atom is -0.139 e. The highest BCUT2D eigenvalue weighted by atomic mass is 32.1. The predicted octanol–water partition coefficient (Wildman–Crippen LogP) is 7.16. The predicted molar refractivity (Wildman–Crippen MR) is 95.5 cm³/mol. The number of aryl methyl sites for hydroxylation is 1. The summed E-state index contributed by atoms with van der Waals surface area (Å²) in [6.45, 7) is 9.20. The molecule has 0 aliphatic carbocycles. The summed E-state index contributed by atoms with van der Waals surface area (Å²) in [7, 11) is 0. The molecule has 112 valence electrons. The van der Waals surface area contributed by atoms with E-state index in [0.29, 0.717) is 5.41 Å². The first kappa shape index (κ1) is 16.0. The molecule has 0 bridgehead atoms. The monoisotopic (exact) mass is 308 g/mol. The summed E-state index contributed by atoms with van der Waals surface area (Å²) in [5.41, 5.74) is 0.294. The molecule has 2 heterocycles. The van der Waals surface area contributed by atoms with Crippen molar-refractivity contribution in [2.75, 3.05) is 0 Å². The van der Waals surface area contributed by atoms with E-state index < -0.39 is 0 Å². The Morgan fingerprint density at radius 3 is 2.15 bits per heavy atom. The molecule has 2 aromatic heterocycles. The molecule has 0 amide bonds. The molecule has 2 aromatic rings. The lowest BCUT2D eigenvalue weighted by molar-refractivity contribution is 0.604. The summed E-state index contributed by atoms with van der Waals surface area (Å²) in [6, 6.07) is 4.85. The summed E-state index contributed by atoms with van der Waals surface area (Å²) >= 11 is 4.00. The Bertz CT molecular complexity index is 494. The van der Waals surface area contributed by atoms with Gasteiger partial charge in [0.2, 0.25) is 0 Å². The number of rotatable bonds is 7. The van der Waals surface area contributed by atoms with E-state index in [2.05, 4.69) is 39.8 Å². The second-order valence-electron chi connectivity index (χ2n) is 6.82. The van der Waals surface area contributed by atoms with Crippen LogP contribution < -0.4 is 0 Å². The van der Waals surface area contributed by atoms with Crippen molar-refractivity contribution in [3.05, 3.63) is 21.9 Å². The zero-order chi connectivity index (χ0) is 14.6. The van der Waals surface area contributed by atoms with E-state index >= 15 is 0 Å². The van der Waals surface area contributed by atoms with E-state index in [0.717, 1.165) is 0 Å². The highest BCUT2D eigenvalue weighted by Gasteiger charge is 2.17. The normalized spacial score (nSPS) is 12.4. The quantitative estimate of drug-likeness (QED) is 0.476. The van der Waals surface area contributed by atoms with Gasteiger partial charge >= 0.3 is 0 Å². The Morgan fingerprint density at radius 1 is 0.850 bits per heavy atom. The van der Waals surface area contributed by atoms with Gasteiger partial charge < -0.3 is 0 Å². The van der Waals surface area contributed by atoms with E-state index in [1.54, 1.807) is 4.88 Å². The largest absolute Gasteiger partial charge is 0.139 e. The average Bonchev–Trinajstić information content (AvgIpc) is 2.90. The van der Waals surface area contributed by atoms with Crippen LogP contribution in [0, 0.1) is 0 Å². The summed E-state index contributed by atoms with van der Waals surface area (Å²) in [5.74, 6) is 0. The van der Waals surface area contributed by atoms with Crippen molar-refractivity contribution in [1.29, 1.82) is 0 Å². The van der Waals surface area contributed by atoms with E-state index in [1.807, 2.05) is 22.7 Å². The molecule has 0 fully saturated rings. The molecule has 0 atom stereocenters. The van der Waals surface area contributed by atoms with E-state index in [4.69, 9.17) is 0 Å². The van der Waals surface area contributed by atoms with Crippen LogP contribution in [0.4, 0.5) is 0 Å². The average molecular weight is 309 g/mol. The number of hydrogen-bond acceptors (Lipinski definition) is 2. The summed E-state index contributed by atoms with van der Waals surface area (Å²) in [5, 5.41) is 0. The summed E-state index contributed by atoms with van der Waals surface area (Å²) in [4.78, 5) is 3.10. The Kier molecular flexibility index (Phi) is 5.68. The lowest BCUT2D eigenvalue weighted by atomic mass is 9.95. The van der Waals surface area contributed by atoms with E-state index in [1.165, 1.54) is 59.2 Å². The van der Waals surface area contributed by atoms with Crippen LogP contribution in [0.2, 0.25) is 0 Å². The molecule has 0 nitrogen and oxygen atoms in total. The Morgan fingerprint density at radius 2 is 1.50 bits per heavy atom. The molecule has 0 aliphatic rings. The first-order valence-electron chi connectivity index (χ1n) is 8.03. The number of fused-ring (bicyclic) bond motifs is 1. The zero-order valence-electron chi connectivity index (χ0n) is 13.4. The maximum absolute atomic E-state index is 2.44. The van der Waals surface area contributed by atoms with Crippen LogP contribution in [-0.2, 0) is 11.8 Å². The van der Waals surface area contributed by atoms with Gasteiger partial charge in [-0.25, -0.2) is 0 Å². The number of unbranched alkanes of at least 4 members (excludes halogenated alkanes) is 5. The van der Waals surface area contributed by atoms with Gasteiger partial charge in [0.1, 0.15) is 0 Å². The minimum atomic E-state index is 0.294. The molecule has 0 unspecified atom stereocenters. The van der Waals surface area contributed by atoms with Crippen molar-refractivity contribution < 1.29 is 0 Å². The lowest BCUT2D eigenvalue weighted by Gasteiger charge is -2.15. The van der Waals surface area contributed by atoms with Gasteiger partial charge in [0.05, 0.1) is 0 Å². The molecule has 0 N–H and O–H groups in total. The van der Waals surface area contributed by atoms with Crippen LogP contribution >= 0.6 is 22.7 Å². The SMILES string of the molecule is CCCCCCCCc1cc2sc(C(C)(C)C)cc2s1. The van der Waals surface area contributed by atoms with Gasteiger partial charge in [-0.2, -0.15) is 0 Å². The van der Waals surface area contributed by atoms with Crippen molar-refractivity contribution in [2.45, 2.75) is 78.1 Å². The first-order chi connectivity index (χ1) is 9.50. The fourth-order valence-corrected chi connectivity index (χ4v) is 4.98. The van der Waals surface area contributed by atoms with Crippen molar-refractivity contribution >= 4 is 32.1 Å². The Hall–Kier alpha value is -0.340. The van der Waals surface area contributed by atoms with Crippen molar-refractivity contribution in [3.63, 3.8) is 0 Å². The molecule has 0 aliphatic heterocycles. The van der Waals surface area contributed by atoms with Gasteiger partial charge in [0.15, 0.2) is 0 Å². The molecule has 0 spiro atoms. The highest BCUT2D eigenvalue weighted by molar-refractivity contribution is 7.27. The van der Waals surface area contributed by atoms with Crippen molar-refractivity contribution in [2.24, 2.45) is 0 Å². The van der Waals surface area contributed by atoms with E-state index in [-0.39, 0.29) is 0 Å². The van der Waals surface area contributed by atoms with E-state index in [9.17, 15) is 0 Å². The minimum absolute atomic E-state index is 0.294. The van der Waals surface area contributed by atoms with Gasteiger partial charge in [0.25, 0.3) is 0 Å². The van der Waals surface area contributed by atoms with Gasteiger partial charge in [0, 0.05) is 19.2 Å². The van der Waals surface area contributed by atoms with Gasteiger partial charge in [-0.3, -0.25) is 0 Å². The fourth-order valence-electron chi connectivity index (χ4n) is 2.46. The van der Waals surface area contributed by atoms with Gasteiger partial charge in [-0.05, 0) is 30.4 Å². The lowest BCUT2D eigenvalue weighted by Crippen LogP contribution is -2.07. The number of thiophene rings is 2. The molecule has 0 saturated heterocycles. The smallest absolute Gasteiger partial charge is 0.0456 e. The van der Waals surface area contributed by atoms with Crippen LogP contribution in [0.1, 0.15) is 76.0 Å². The van der Waals surface area contributed by atoms with Crippen molar-refractivity contribution in [3.8, 4) is 0 Å². The summed E-state index contributed by atoms with van der Waals surface area (Å²) < 4.78 is 3.00. The summed E-state index contributed by atoms with van der Waals surface area (Å²) in [6.07, 6.45) is 9.64. The van der Waals surface area contributed by atoms with Gasteiger partial charge in [-0.15, -0.1) is 22.7 Å². The van der Waals surface area contributed by atoms with Crippen LogP contribution in [0.3, 0.4) is 0 Å². The molecule has 0 aromatic carbocycles.